The van der Waals surface area contributed by atoms with Crippen LogP contribution in [-0.4, -0.2) is 45.9 Å². The molecule has 0 saturated carbocycles. The number of aryl methyl sites for hydroxylation is 2. The Morgan fingerprint density at radius 1 is 1.57 bits per heavy atom. The van der Waals surface area contributed by atoms with Crippen molar-refractivity contribution in [2.24, 2.45) is 12.8 Å². The molecule has 2 aromatic heterocycles. The van der Waals surface area contributed by atoms with Gasteiger partial charge in [-0.15, -0.1) is 11.3 Å². The Bertz CT molecular complexity index is 596. The van der Waals surface area contributed by atoms with Crippen molar-refractivity contribution in [1.29, 1.82) is 0 Å². The maximum absolute atomic E-state index is 6.03. The van der Waals surface area contributed by atoms with Crippen molar-refractivity contribution < 1.29 is 4.74 Å². The standard InChI is InChI=1S/C14H21N5OS/c1-10-14(21-9-16-10)12(5-15)19-3-4-20-13(8-19)11-6-17-18(2)7-11/h6-7,9,12-13H,3-5,8,15H2,1-2H3. The normalized spacial score (nSPS) is 21.6. The molecule has 6 nitrogen and oxygen atoms in total. The lowest BCUT2D eigenvalue weighted by atomic mass is 10.1. The summed E-state index contributed by atoms with van der Waals surface area (Å²) in [6.07, 6.45) is 3.96. The third kappa shape index (κ3) is 3.01. The monoisotopic (exact) mass is 307 g/mol. The smallest absolute Gasteiger partial charge is 0.0982 e. The predicted molar refractivity (Wildman–Crippen MR) is 82.1 cm³/mol. The largest absolute Gasteiger partial charge is 0.371 e. The molecular formula is C14H21N5OS. The van der Waals surface area contributed by atoms with Crippen LogP contribution in [-0.2, 0) is 11.8 Å². The number of nitrogens with two attached hydrogens (primary N) is 1. The van der Waals surface area contributed by atoms with Crippen LogP contribution >= 0.6 is 11.3 Å². The summed E-state index contributed by atoms with van der Waals surface area (Å²) in [7, 11) is 1.92. The molecule has 0 aromatic carbocycles. The van der Waals surface area contributed by atoms with Crippen LogP contribution in [0, 0.1) is 6.92 Å². The van der Waals surface area contributed by atoms with Gasteiger partial charge in [0, 0.05) is 43.3 Å². The fourth-order valence-electron chi connectivity index (χ4n) is 2.81. The molecule has 2 atom stereocenters. The molecule has 2 N–H and O–H groups in total. The van der Waals surface area contributed by atoms with E-state index in [0.29, 0.717) is 13.2 Å². The lowest BCUT2D eigenvalue weighted by molar-refractivity contribution is -0.0440. The molecule has 0 amide bonds. The first-order valence-corrected chi connectivity index (χ1v) is 8.01. The van der Waals surface area contributed by atoms with Crippen LogP contribution in [0.15, 0.2) is 17.9 Å². The number of morpholine rings is 1. The quantitative estimate of drug-likeness (QED) is 0.921. The maximum Gasteiger partial charge on any atom is 0.0982 e. The molecule has 3 rings (SSSR count). The van der Waals surface area contributed by atoms with Crippen LogP contribution in [0.1, 0.15) is 28.3 Å². The van der Waals surface area contributed by atoms with Crippen LogP contribution in [0.5, 0.6) is 0 Å². The summed E-state index contributed by atoms with van der Waals surface area (Å²) in [5, 5.41) is 4.23. The molecule has 0 aliphatic carbocycles. The zero-order valence-electron chi connectivity index (χ0n) is 12.4. The number of nitrogens with zero attached hydrogens (tertiary/aromatic N) is 4. The van der Waals surface area contributed by atoms with Crippen molar-refractivity contribution in [2.45, 2.75) is 19.1 Å². The first-order chi connectivity index (χ1) is 10.2. The van der Waals surface area contributed by atoms with Crippen LogP contribution < -0.4 is 5.73 Å². The van der Waals surface area contributed by atoms with E-state index in [1.165, 1.54) is 4.88 Å². The average Bonchev–Trinajstić information content (AvgIpc) is 3.10. The summed E-state index contributed by atoms with van der Waals surface area (Å²) in [4.78, 5) is 8.02. The van der Waals surface area contributed by atoms with Crippen molar-refractivity contribution >= 4 is 11.3 Å². The van der Waals surface area contributed by atoms with E-state index in [9.17, 15) is 0 Å². The van der Waals surface area contributed by atoms with E-state index in [-0.39, 0.29) is 12.1 Å². The molecule has 1 aliphatic rings. The second-order valence-electron chi connectivity index (χ2n) is 5.36. The van der Waals surface area contributed by atoms with Gasteiger partial charge in [0.2, 0.25) is 0 Å². The fraction of sp³-hybridized carbons (Fsp3) is 0.571. The molecule has 21 heavy (non-hydrogen) atoms. The third-order valence-electron chi connectivity index (χ3n) is 3.94. The van der Waals surface area contributed by atoms with Crippen LogP contribution in [0.4, 0.5) is 0 Å². The van der Waals surface area contributed by atoms with Gasteiger partial charge in [0.1, 0.15) is 0 Å². The molecule has 0 spiro atoms. The molecule has 1 saturated heterocycles. The van der Waals surface area contributed by atoms with Crippen molar-refractivity contribution in [2.75, 3.05) is 26.2 Å². The highest BCUT2D eigenvalue weighted by atomic mass is 32.1. The molecule has 0 radical (unpaired) electrons. The zero-order valence-corrected chi connectivity index (χ0v) is 13.2. The highest BCUT2D eigenvalue weighted by molar-refractivity contribution is 7.09. The summed E-state index contributed by atoms with van der Waals surface area (Å²) < 4.78 is 7.71. The van der Waals surface area contributed by atoms with Crippen LogP contribution in [0.25, 0.3) is 0 Å². The highest BCUT2D eigenvalue weighted by Crippen LogP contribution is 2.31. The molecule has 7 heteroatoms. The van der Waals surface area contributed by atoms with E-state index < -0.39 is 0 Å². The van der Waals surface area contributed by atoms with Crippen LogP contribution in [0.2, 0.25) is 0 Å². The number of hydrogen-bond donors (Lipinski definition) is 1. The first kappa shape index (κ1) is 14.6. The van der Waals surface area contributed by atoms with E-state index in [2.05, 4.69) is 15.0 Å². The lowest BCUT2D eigenvalue weighted by Gasteiger charge is -2.37. The predicted octanol–water partition coefficient (Wildman–Crippen LogP) is 1.26. The SMILES string of the molecule is Cc1ncsc1C(CN)N1CCOC(c2cnn(C)c2)C1. The van der Waals surface area contributed by atoms with E-state index in [0.717, 1.165) is 24.3 Å². The zero-order chi connectivity index (χ0) is 14.8. The number of hydrogen-bond acceptors (Lipinski definition) is 6. The molecule has 3 heterocycles. The number of rotatable bonds is 4. The molecule has 1 aliphatic heterocycles. The Labute approximate surface area is 128 Å². The maximum atomic E-state index is 6.03. The summed E-state index contributed by atoms with van der Waals surface area (Å²) >= 11 is 1.69. The summed E-state index contributed by atoms with van der Waals surface area (Å²) in [5.74, 6) is 0. The van der Waals surface area contributed by atoms with E-state index in [4.69, 9.17) is 10.5 Å². The third-order valence-corrected chi connectivity index (χ3v) is 4.98. The van der Waals surface area contributed by atoms with Gasteiger partial charge in [-0.1, -0.05) is 0 Å². The Morgan fingerprint density at radius 3 is 3.05 bits per heavy atom. The van der Waals surface area contributed by atoms with E-state index >= 15 is 0 Å². The van der Waals surface area contributed by atoms with Crippen molar-refractivity contribution in [3.05, 3.63) is 34.0 Å². The van der Waals surface area contributed by atoms with Crippen molar-refractivity contribution in [3.63, 3.8) is 0 Å². The van der Waals surface area contributed by atoms with E-state index in [1.54, 1.807) is 11.3 Å². The van der Waals surface area contributed by atoms with Gasteiger partial charge in [-0.25, -0.2) is 4.98 Å². The van der Waals surface area contributed by atoms with Gasteiger partial charge in [-0.3, -0.25) is 9.58 Å². The minimum absolute atomic E-state index is 0.0646. The second kappa shape index (κ2) is 6.23. The Morgan fingerprint density at radius 2 is 2.43 bits per heavy atom. The Balaban J connectivity index is 1.77. The number of ether oxygens (including phenoxy) is 1. The number of aromatic nitrogens is 3. The molecule has 114 valence electrons. The second-order valence-corrected chi connectivity index (χ2v) is 6.24. The Kier molecular flexibility index (Phi) is 4.34. The minimum Gasteiger partial charge on any atom is -0.371 e. The van der Waals surface area contributed by atoms with Gasteiger partial charge < -0.3 is 10.5 Å². The van der Waals surface area contributed by atoms with Gasteiger partial charge in [0.15, 0.2) is 0 Å². The van der Waals surface area contributed by atoms with Gasteiger partial charge in [0.25, 0.3) is 0 Å². The lowest BCUT2D eigenvalue weighted by Crippen LogP contribution is -2.43. The summed E-state index contributed by atoms with van der Waals surface area (Å²) in [6.45, 7) is 5.10. The van der Waals surface area contributed by atoms with Crippen molar-refractivity contribution in [1.82, 2.24) is 19.7 Å². The number of thiazole rings is 1. The Hall–Kier alpha value is -1.28. The van der Waals surface area contributed by atoms with Gasteiger partial charge in [0.05, 0.1) is 36.2 Å². The minimum atomic E-state index is 0.0646. The summed E-state index contributed by atoms with van der Waals surface area (Å²) in [5.41, 5.74) is 10.1. The van der Waals surface area contributed by atoms with Crippen LogP contribution in [0.3, 0.4) is 0 Å². The summed E-state index contributed by atoms with van der Waals surface area (Å²) in [6, 6.07) is 0.223. The van der Waals surface area contributed by atoms with Gasteiger partial charge in [-0.05, 0) is 6.92 Å². The first-order valence-electron chi connectivity index (χ1n) is 7.13. The molecular weight excluding hydrogens is 286 g/mol. The average molecular weight is 307 g/mol. The molecule has 1 fully saturated rings. The fourth-order valence-corrected chi connectivity index (χ4v) is 3.76. The molecule has 0 bridgehead atoms. The highest BCUT2D eigenvalue weighted by Gasteiger charge is 2.29. The molecule has 2 unspecified atom stereocenters. The topological polar surface area (TPSA) is 69.2 Å². The molecule has 2 aromatic rings. The van der Waals surface area contributed by atoms with E-state index in [1.807, 2.05) is 36.6 Å². The van der Waals surface area contributed by atoms with Crippen molar-refractivity contribution in [3.8, 4) is 0 Å². The van der Waals surface area contributed by atoms with Gasteiger partial charge >= 0.3 is 0 Å². The van der Waals surface area contributed by atoms with Gasteiger partial charge in [-0.2, -0.15) is 5.10 Å².